The fourth-order valence-electron chi connectivity index (χ4n) is 3.52. The molecule has 0 spiro atoms. The Kier molecular flexibility index (Phi) is 6.22. The van der Waals surface area contributed by atoms with Crippen LogP contribution < -0.4 is 4.74 Å². The van der Waals surface area contributed by atoms with Crippen LogP contribution in [0.25, 0.3) is 11.5 Å². The summed E-state index contributed by atoms with van der Waals surface area (Å²) in [7, 11) is -3.66. The van der Waals surface area contributed by atoms with Gasteiger partial charge in [-0.2, -0.15) is 4.31 Å². The van der Waals surface area contributed by atoms with Crippen LogP contribution in [0.2, 0.25) is 5.02 Å². The molecule has 0 atom stereocenters. The molecule has 0 radical (unpaired) electrons. The van der Waals surface area contributed by atoms with Crippen LogP contribution in [0, 0.1) is 6.92 Å². The number of aryl methyl sites for hydroxylation is 1. The first kappa shape index (κ1) is 21.7. The van der Waals surface area contributed by atoms with Gasteiger partial charge >= 0.3 is 0 Å². The third-order valence-corrected chi connectivity index (χ3v) is 7.42. The fourth-order valence-corrected chi connectivity index (χ4v) is 5.31. The maximum absolute atomic E-state index is 13.0. The number of benzene rings is 1. The first-order valence-corrected chi connectivity index (χ1v) is 11.7. The molecule has 0 aliphatic carbocycles. The Hall–Kier alpha value is -2.56. The SMILES string of the molecule is CCOc1ccc(S(=O)(=O)N2CCC(c3nnc(-c4cncnc4C)o3)CC2)cc1Cl. The normalized spacial score (nSPS) is 15.8. The molecule has 0 N–H and O–H groups in total. The van der Waals surface area contributed by atoms with Crippen LogP contribution in [0.15, 0.2) is 40.0 Å². The molecule has 4 rings (SSSR count). The van der Waals surface area contributed by atoms with Crippen molar-refractivity contribution in [3.05, 3.63) is 47.3 Å². The predicted octanol–water partition coefficient (Wildman–Crippen LogP) is 3.46. The topological polar surface area (TPSA) is 111 Å². The summed E-state index contributed by atoms with van der Waals surface area (Å²) in [6.07, 6.45) is 4.26. The Morgan fingerprint density at radius 3 is 2.71 bits per heavy atom. The molecule has 11 heteroatoms. The maximum atomic E-state index is 13.0. The maximum Gasteiger partial charge on any atom is 0.251 e. The number of hydrogen-bond acceptors (Lipinski definition) is 8. The Labute approximate surface area is 185 Å². The van der Waals surface area contributed by atoms with Gasteiger partial charge in [0.15, 0.2) is 0 Å². The summed E-state index contributed by atoms with van der Waals surface area (Å²) >= 11 is 6.18. The molecule has 1 aliphatic heterocycles. The molecule has 3 heterocycles. The summed E-state index contributed by atoms with van der Waals surface area (Å²) in [6, 6.07) is 4.54. The predicted molar refractivity (Wildman–Crippen MR) is 113 cm³/mol. The van der Waals surface area contributed by atoms with Gasteiger partial charge in [-0.15, -0.1) is 10.2 Å². The lowest BCUT2D eigenvalue weighted by atomic mass is 9.98. The number of halogens is 1. The van der Waals surface area contributed by atoms with E-state index in [1.165, 1.54) is 22.8 Å². The van der Waals surface area contributed by atoms with E-state index in [0.717, 1.165) is 5.69 Å². The summed E-state index contributed by atoms with van der Waals surface area (Å²) in [5.74, 6) is 1.32. The van der Waals surface area contributed by atoms with Gasteiger partial charge in [0.25, 0.3) is 5.89 Å². The minimum Gasteiger partial charge on any atom is -0.492 e. The third-order valence-electron chi connectivity index (χ3n) is 5.23. The van der Waals surface area contributed by atoms with Crippen molar-refractivity contribution >= 4 is 21.6 Å². The van der Waals surface area contributed by atoms with E-state index >= 15 is 0 Å². The highest BCUT2D eigenvalue weighted by Gasteiger charge is 2.32. The highest BCUT2D eigenvalue weighted by molar-refractivity contribution is 7.89. The van der Waals surface area contributed by atoms with Gasteiger partial charge in [-0.05, 0) is 44.9 Å². The molecule has 0 amide bonds. The van der Waals surface area contributed by atoms with Crippen molar-refractivity contribution in [2.75, 3.05) is 19.7 Å². The lowest BCUT2D eigenvalue weighted by Gasteiger charge is -2.29. The quantitative estimate of drug-likeness (QED) is 0.546. The van der Waals surface area contributed by atoms with Gasteiger partial charge in [-0.3, -0.25) is 0 Å². The zero-order chi connectivity index (χ0) is 22.0. The van der Waals surface area contributed by atoms with Crippen LogP contribution in [0.3, 0.4) is 0 Å². The number of ether oxygens (including phenoxy) is 1. The largest absolute Gasteiger partial charge is 0.492 e. The molecule has 1 fully saturated rings. The van der Waals surface area contributed by atoms with Crippen LogP contribution >= 0.6 is 11.6 Å². The van der Waals surface area contributed by atoms with Crippen molar-refractivity contribution in [3.63, 3.8) is 0 Å². The minimum absolute atomic E-state index is 0.0124. The molecule has 0 unspecified atom stereocenters. The summed E-state index contributed by atoms with van der Waals surface area (Å²) in [5, 5.41) is 8.56. The first-order valence-electron chi connectivity index (χ1n) is 9.93. The van der Waals surface area contributed by atoms with E-state index in [9.17, 15) is 8.42 Å². The highest BCUT2D eigenvalue weighted by Crippen LogP contribution is 2.33. The van der Waals surface area contributed by atoms with E-state index in [1.54, 1.807) is 12.3 Å². The summed E-state index contributed by atoms with van der Waals surface area (Å²) < 4.78 is 38.8. The molecule has 1 aliphatic rings. The van der Waals surface area contributed by atoms with Gasteiger partial charge in [0.2, 0.25) is 15.9 Å². The van der Waals surface area contributed by atoms with Crippen molar-refractivity contribution in [2.45, 2.75) is 37.5 Å². The van der Waals surface area contributed by atoms with Crippen LogP contribution in [0.1, 0.15) is 37.3 Å². The molecule has 0 saturated carbocycles. The Balaban J connectivity index is 1.45. The zero-order valence-corrected chi connectivity index (χ0v) is 18.7. The molecule has 0 bridgehead atoms. The van der Waals surface area contributed by atoms with E-state index < -0.39 is 10.0 Å². The van der Waals surface area contributed by atoms with E-state index in [-0.39, 0.29) is 15.8 Å². The average molecular weight is 464 g/mol. The van der Waals surface area contributed by atoms with Gasteiger partial charge in [0, 0.05) is 25.2 Å². The van der Waals surface area contributed by atoms with Crippen LogP contribution in [0.4, 0.5) is 0 Å². The third kappa shape index (κ3) is 4.41. The second-order valence-corrected chi connectivity index (χ2v) is 9.52. The monoisotopic (exact) mass is 463 g/mol. The van der Waals surface area contributed by atoms with E-state index in [4.69, 9.17) is 20.8 Å². The van der Waals surface area contributed by atoms with E-state index in [0.29, 0.717) is 55.6 Å². The Bertz CT molecular complexity index is 1180. The molecular formula is C20H22ClN5O4S. The van der Waals surface area contributed by atoms with Gasteiger partial charge in [-0.25, -0.2) is 18.4 Å². The lowest BCUT2D eigenvalue weighted by Crippen LogP contribution is -2.38. The van der Waals surface area contributed by atoms with Crippen LogP contribution in [0.5, 0.6) is 5.75 Å². The summed E-state index contributed by atoms with van der Waals surface area (Å²) in [5.41, 5.74) is 1.44. The molecule has 164 valence electrons. The second kappa shape index (κ2) is 8.89. The van der Waals surface area contributed by atoms with Crippen molar-refractivity contribution in [1.29, 1.82) is 0 Å². The molecule has 31 heavy (non-hydrogen) atoms. The minimum atomic E-state index is -3.66. The van der Waals surface area contributed by atoms with Crippen LogP contribution in [-0.2, 0) is 10.0 Å². The average Bonchev–Trinajstić information content (AvgIpc) is 3.25. The molecule has 9 nitrogen and oxygen atoms in total. The number of nitrogens with zero attached hydrogens (tertiary/aromatic N) is 5. The number of rotatable bonds is 6. The number of hydrogen-bond donors (Lipinski definition) is 0. The summed E-state index contributed by atoms with van der Waals surface area (Å²) in [4.78, 5) is 8.29. The zero-order valence-electron chi connectivity index (χ0n) is 17.2. The van der Waals surface area contributed by atoms with Gasteiger partial charge in [0.1, 0.15) is 12.1 Å². The number of piperidine rings is 1. The standard InChI is InChI=1S/C20H22ClN5O4S/c1-3-29-18-5-4-15(10-17(18)21)31(27,28)26-8-6-14(7-9-26)19-24-25-20(30-19)16-11-22-12-23-13(16)2/h4-5,10-12,14H,3,6-9H2,1-2H3. The van der Waals surface area contributed by atoms with Crippen molar-refractivity contribution in [1.82, 2.24) is 24.5 Å². The van der Waals surface area contributed by atoms with Gasteiger partial charge in [0.05, 0.1) is 27.8 Å². The van der Waals surface area contributed by atoms with E-state index in [2.05, 4.69) is 20.2 Å². The second-order valence-electron chi connectivity index (χ2n) is 7.17. The molecule has 3 aromatic rings. The molecular weight excluding hydrogens is 442 g/mol. The van der Waals surface area contributed by atoms with Crippen molar-refractivity contribution in [2.24, 2.45) is 0 Å². The van der Waals surface area contributed by atoms with Crippen LogP contribution in [-0.4, -0.2) is 52.6 Å². The molecule has 1 saturated heterocycles. The first-order chi connectivity index (χ1) is 14.9. The molecule has 1 aromatic carbocycles. The number of aromatic nitrogens is 4. The smallest absolute Gasteiger partial charge is 0.251 e. The van der Waals surface area contributed by atoms with E-state index in [1.807, 2.05) is 13.8 Å². The van der Waals surface area contributed by atoms with Gasteiger partial charge in [-0.1, -0.05) is 11.6 Å². The number of sulfonamides is 1. The Morgan fingerprint density at radius 1 is 1.26 bits per heavy atom. The Morgan fingerprint density at radius 2 is 2.03 bits per heavy atom. The molecule has 2 aromatic heterocycles. The van der Waals surface area contributed by atoms with Crippen molar-refractivity contribution in [3.8, 4) is 17.2 Å². The summed E-state index contributed by atoms with van der Waals surface area (Å²) in [6.45, 7) is 4.84. The van der Waals surface area contributed by atoms with Crippen molar-refractivity contribution < 1.29 is 17.6 Å². The lowest BCUT2D eigenvalue weighted by molar-refractivity contribution is 0.291. The highest BCUT2D eigenvalue weighted by atomic mass is 35.5. The van der Waals surface area contributed by atoms with Gasteiger partial charge < -0.3 is 9.15 Å². The fraction of sp³-hybridized carbons (Fsp3) is 0.400.